The van der Waals surface area contributed by atoms with Crippen LogP contribution < -0.4 is 0 Å². The summed E-state index contributed by atoms with van der Waals surface area (Å²) in [6.07, 6.45) is 0. The van der Waals surface area contributed by atoms with Crippen molar-refractivity contribution in [2.24, 2.45) is 0 Å². The van der Waals surface area contributed by atoms with E-state index in [1.807, 2.05) is 0 Å². The maximum Gasteiger partial charge on any atom is 0.248 e. The van der Waals surface area contributed by atoms with Gasteiger partial charge in [-0.05, 0) is 15.9 Å². The molecule has 0 saturated heterocycles. The first-order valence-electron chi connectivity index (χ1n) is 2.03. The summed E-state index contributed by atoms with van der Waals surface area (Å²) in [4.78, 5) is 8.88. The van der Waals surface area contributed by atoms with Gasteiger partial charge in [0.2, 0.25) is 11.1 Å². The topological polar surface area (TPSA) is 43.1 Å². The van der Waals surface area contributed by atoms with Crippen LogP contribution in [0.3, 0.4) is 0 Å². The van der Waals surface area contributed by atoms with Gasteiger partial charge in [0, 0.05) is 4.92 Å². The molecule has 0 rings (SSSR count). The second-order valence-corrected chi connectivity index (χ2v) is 3.17. The number of hydrogen-bond acceptors (Lipinski definition) is 2. The Hall–Kier alpha value is 0.1000. The van der Waals surface area contributed by atoms with Gasteiger partial charge in [0.25, 0.3) is 0 Å². The molecule has 54 valence electrons. The zero-order valence-electron chi connectivity index (χ0n) is 4.31. The minimum atomic E-state index is -2.06. The summed E-state index contributed by atoms with van der Waals surface area (Å²) in [5, 5.41) is 9.65. The Bertz CT molecular complexity index is 120. The molecule has 0 fully saturated rings. The summed E-state index contributed by atoms with van der Waals surface area (Å²) < 4.78 is 10.4. The molecule has 0 aromatic heterocycles. The van der Waals surface area contributed by atoms with Gasteiger partial charge < -0.3 is 0 Å². The highest BCUT2D eigenvalue weighted by Crippen LogP contribution is 2.21. The van der Waals surface area contributed by atoms with Crippen molar-refractivity contribution < 1.29 is 9.31 Å². The number of halogens is 3. The Morgan fingerprint density at radius 3 is 2.44 bits per heavy atom. The standard InChI is InChI=1S/C3H4BrClFNO2/c4-3(6,1-5)2-7(8)9/h1-2H2. The molecule has 3 nitrogen and oxygen atoms in total. The van der Waals surface area contributed by atoms with Gasteiger partial charge >= 0.3 is 0 Å². The van der Waals surface area contributed by atoms with Crippen molar-refractivity contribution in [3.8, 4) is 0 Å². The molecule has 0 saturated carbocycles. The molecule has 6 heteroatoms. The van der Waals surface area contributed by atoms with Crippen LogP contribution >= 0.6 is 27.5 Å². The third-order valence-corrected chi connectivity index (χ3v) is 1.83. The van der Waals surface area contributed by atoms with Gasteiger partial charge in [0.1, 0.15) is 0 Å². The van der Waals surface area contributed by atoms with Gasteiger partial charge in [-0.15, -0.1) is 11.6 Å². The van der Waals surface area contributed by atoms with Crippen molar-refractivity contribution in [3.05, 3.63) is 10.1 Å². The third-order valence-electron chi connectivity index (χ3n) is 0.556. The average molecular weight is 220 g/mol. The van der Waals surface area contributed by atoms with Crippen LogP contribution in [0.2, 0.25) is 0 Å². The largest absolute Gasteiger partial charge is 0.264 e. The molecule has 0 radical (unpaired) electrons. The lowest BCUT2D eigenvalue weighted by atomic mass is 10.4. The highest BCUT2D eigenvalue weighted by molar-refractivity contribution is 9.10. The minimum absolute atomic E-state index is 0.423. The number of nitro groups is 1. The summed E-state index contributed by atoms with van der Waals surface area (Å²) in [5.41, 5.74) is 0. The lowest BCUT2D eigenvalue weighted by molar-refractivity contribution is -0.488. The zero-order valence-corrected chi connectivity index (χ0v) is 6.65. The maximum atomic E-state index is 12.4. The minimum Gasteiger partial charge on any atom is -0.264 e. The Kier molecular flexibility index (Phi) is 3.35. The van der Waals surface area contributed by atoms with Crippen molar-refractivity contribution in [1.29, 1.82) is 0 Å². The highest BCUT2D eigenvalue weighted by Gasteiger charge is 2.30. The van der Waals surface area contributed by atoms with E-state index >= 15 is 0 Å². The van der Waals surface area contributed by atoms with Crippen molar-refractivity contribution in [2.75, 3.05) is 12.4 Å². The predicted octanol–water partition coefficient (Wildman–Crippen LogP) is 1.56. The number of hydrogen-bond donors (Lipinski definition) is 0. The van der Waals surface area contributed by atoms with Crippen LogP contribution in [0.1, 0.15) is 0 Å². The molecule has 0 heterocycles. The third kappa shape index (κ3) is 4.59. The van der Waals surface area contributed by atoms with Crippen LogP contribution in [0.4, 0.5) is 4.39 Å². The highest BCUT2D eigenvalue weighted by atomic mass is 79.9. The Morgan fingerprint density at radius 2 is 2.33 bits per heavy atom. The molecule has 1 atom stereocenters. The summed E-state index contributed by atoms with van der Waals surface area (Å²) >= 11 is 7.45. The van der Waals surface area contributed by atoms with Gasteiger partial charge in [0.15, 0.2) is 0 Å². The molecular formula is C3H4BrClFNO2. The Labute approximate surface area is 64.5 Å². The molecule has 0 aliphatic rings. The van der Waals surface area contributed by atoms with E-state index in [-0.39, 0.29) is 0 Å². The van der Waals surface area contributed by atoms with Crippen LogP contribution in [0, 0.1) is 10.1 Å². The second kappa shape index (κ2) is 3.31. The molecular weight excluding hydrogens is 216 g/mol. The summed E-state index contributed by atoms with van der Waals surface area (Å²) in [5.74, 6) is -0.423. The molecule has 1 unspecified atom stereocenters. The number of nitrogens with zero attached hydrogens (tertiary/aromatic N) is 1. The number of alkyl halides is 3. The van der Waals surface area contributed by atoms with Crippen molar-refractivity contribution >= 4 is 27.5 Å². The van der Waals surface area contributed by atoms with Crippen LogP contribution in [0.25, 0.3) is 0 Å². The molecule has 0 aliphatic carbocycles. The number of rotatable bonds is 3. The first-order chi connectivity index (χ1) is 3.98. The molecule has 0 spiro atoms. The van der Waals surface area contributed by atoms with E-state index in [2.05, 4.69) is 15.9 Å². The van der Waals surface area contributed by atoms with E-state index in [4.69, 9.17) is 11.6 Å². The first-order valence-corrected chi connectivity index (χ1v) is 3.36. The summed E-state index contributed by atoms with van der Waals surface area (Å²) in [7, 11) is 0. The lowest BCUT2D eigenvalue weighted by Gasteiger charge is -2.07. The maximum absolute atomic E-state index is 12.4. The fraction of sp³-hybridized carbons (Fsp3) is 1.00. The van der Waals surface area contributed by atoms with E-state index in [0.717, 1.165) is 0 Å². The first kappa shape index (κ1) is 9.10. The summed E-state index contributed by atoms with van der Waals surface area (Å²) in [6.45, 7) is -0.809. The normalized spacial score (nSPS) is 16.8. The van der Waals surface area contributed by atoms with Crippen molar-refractivity contribution in [3.63, 3.8) is 0 Å². The quantitative estimate of drug-likeness (QED) is 0.411. The zero-order chi connectivity index (χ0) is 7.49. The Morgan fingerprint density at radius 1 is 1.89 bits per heavy atom. The van der Waals surface area contributed by atoms with E-state index < -0.39 is 21.9 Å². The predicted molar refractivity (Wildman–Crippen MR) is 35.3 cm³/mol. The van der Waals surface area contributed by atoms with Crippen molar-refractivity contribution in [2.45, 2.75) is 4.58 Å². The van der Waals surface area contributed by atoms with Gasteiger partial charge in [-0.25, -0.2) is 4.39 Å². The molecule has 0 aliphatic heterocycles. The monoisotopic (exact) mass is 219 g/mol. The molecule has 0 aromatic rings. The van der Waals surface area contributed by atoms with Crippen LogP contribution in [0.5, 0.6) is 0 Å². The van der Waals surface area contributed by atoms with Gasteiger partial charge in [-0.3, -0.25) is 10.1 Å². The van der Waals surface area contributed by atoms with Gasteiger partial charge in [0.05, 0.1) is 5.88 Å². The van der Waals surface area contributed by atoms with E-state index in [1.54, 1.807) is 0 Å². The lowest BCUT2D eigenvalue weighted by Crippen LogP contribution is -2.26. The SMILES string of the molecule is O=[N+]([O-])CC(F)(Br)CCl. The van der Waals surface area contributed by atoms with E-state index in [0.29, 0.717) is 0 Å². The molecule has 0 amide bonds. The van der Waals surface area contributed by atoms with Crippen molar-refractivity contribution in [1.82, 2.24) is 0 Å². The van der Waals surface area contributed by atoms with Gasteiger partial charge in [-0.1, -0.05) is 0 Å². The molecule has 9 heavy (non-hydrogen) atoms. The smallest absolute Gasteiger partial charge is 0.248 e. The Balaban J connectivity index is 3.71. The fourth-order valence-corrected chi connectivity index (χ4v) is 0.520. The molecule has 0 N–H and O–H groups in total. The summed E-state index contributed by atoms with van der Waals surface area (Å²) in [6, 6.07) is 0. The van der Waals surface area contributed by atoms with Crippen LogP contribution in [-0.2, 0) is 0 Å². The molecule has 0 bridgehead atoms. The second-order valence-electron chi connectivity index (χ2n) is 1.48. The molecule has 0 aromatic carbocycles. The van der Waals surface area contributed by atoms with E-state index in [9.17, 15) is 14.5 Å². The fourth-order valence-electron chi connectivity index (χ4n) is 0.231. The van der Waals surface area contributed by atoms with Crippen LogP contribution in [-0.4, -0.2) is 21.9 Å². The van der Waals surface area contributed by atoms with Crippen LogP contribution in [0.15, 0.2) is 0 Å². The average Bonchev–Trinajstić information content (AvgIpc) is 1.63. The van der Waals surface area contributed by atoms with E-state index in [1.165, 1.54) is 0 Å². The van der Waals surface area contributed by atoms with Gasteiger partial charge in [-0.2, -0.15) is 0 Å².